The summed E-state index contributed by atoms with van der Waals surface area (Å²) in [5, 5.41) is 13.8. The maximum atomic E-state index is 10.3. The predicted octanol–water partition coefficient (Wildman–Crippen LogP) is 3.20. The summed E-state index contributed by atoms with van der Waals surface area (Å²) in [6.45, 7) is 4.91. The minimum atomic E-state index is -0.449. The topological polar surface area (TPSA) is 44.7 Å². The molecule has 5 heteroatoms. The van der Waals surface area contributed by atoms with E-state index in [1.807, 2.05) is 30.0 Å². The molecule has 0 aliphatic carbocycles. The Balaban J connectivity index is 1.37. The molecule has 1 aliphatic rings. The molecule has 4 nitrogen and oxygen atoms in total. The summed E-state index contributed by atoms with van der Waals surface area (Å²) in [5.41, 5.74) is 2.53. The standard InChI is InChI=1S/C23H32N2O2S/c26-22(18-25-13-15-28-16-14-25)19-27-23-11-5-4-10-21(23)17-24-12-6-9-20-7-2-1-3-8-20/h1-5,7-8,10-11,22,24,26H,6,9,12-19H2. The Morgan fingerprint density at radius 2 is 1.79 bits per heavy atom. The molecule has 0 amide bonds. The van der Waals surface area contributed by atoms with Gasteiger partial charge in [0, 0.05) is 43.2 Å². The van der Waals surface area contributed by atoms with Gasteiger partial charge in [0.05, 0.1) is 0 Å². The van der Waals surface area contributed by atoms with E-state index >= 15 is 0 Å². The first-order valence-electron chi connectivity index (χ1n) is 10.2. The molecule has 28 heavy (non-hydrogen) atoms. The summed E-state index contributed by atoms with van der Waals surface area (Å²) >= 11 is 1.99. The van der Waals surface area contributed by atoms with Gasteiger partial charge in [-0.3, -0.25) is 4.90 Å². The van der Waals surface area contributed by atoms with Crippen molar-refractivity contribution in [2.45, 2.75) is 25.5 Å². The van der Waals surface area contributed by atoms with Gasteiger partial charge in [0.2, 0.25) is 0 Å². The van der Waals surface area contributed by atoms with Crippen molar-refractivity contribution < 1.29 is 9.84 Å². The summed E-state index contributed by atoms with van der Waals surface area (Å²) in [7, 11) is 0. The van der Waals surface area contributed by atoms with Crippen molar-refractivity contribution >= 4 is 11.8 Å². The third-order valence-corrected chi connectivity index (χ3v) is 5.90. The van der Waals surface area contributed by atoms with Gasteiger partial charge in [-0.15, -0.1) is 0 Å². The van der Waals surface area contributed by atoms with Gasteiger partial charge in [-0.05, 0) is 31.0 Å². The molecule has 1 atom stereocenters. The van der Waals surface area contributed by atoms with Crippen LogP contribution >= 0.6 is 11.8 Å². The molecule has 1 heterocycles. The van der Waals surface area contributed by atoms with Gasteiger partial charge in [0.25, 0.3) is 0 Å². The number of β-amino-alcohol motifs (C(OH)–C–C–N with tert-alkyl or cyclic N) is 1. The van der Waals surface area contributed by atoms with Crippen LogP contribution in [0.2, 0.25) is 0 Å². The summed E-state index contributed by atoms with van der Waals surface area (Å²) in [5.74, 6) is 3.19. The Morgan fingerprint density at radius 3 is 2.61 bits per heavy atom. The first kappa shape index (κ1) is 21.2. The van der Waals surface area contributed by atoms with E-state index in [9.17, 15) is 5.11 Å². The van der Waals surface area contributed by atoms with E-state index in [0.717, 1.165) is 61.8 Å². The van der Waals surface area contributed by atoms with Crippen LogP contribution in [0.15, 0.2) is 54.6 Å². The number of rotatable bonds is 11. The van der Waals surface area contributed by atoms with Gasteiger partial charge >= 0.3 is 0 Å². The summed E-state index contributed by atoms with van der Waals surface area (Å²) in [4.78, 5) is 2.32. The molecule has 1 unspecified atom stereocenters. The second kappa shape index (κ2) is 12.1. The molecule has 0 saturated carbocycles. The first-order valence-corrected chi connectivity index (χ1v) is 11.4. The molecule has 2 aromatic rings. The molecule has 2 aromatic carbocycles. The lowest BCUT2D eigenvalue weighted by Crippen LogP contribution is -2.40. The molecule has 0 aromatic heterocycles. The quantitative estimate of drug-likeness (QED) is 0.567. The molecule has 1 aliphatic heterocycles. The minimum absolute atomic E-state index is 0.342. The number of aliphatic hydroxyl groups is 1. The van der Waals surface area contributed by atoms with E-state index in [2.05, 4.69) is 46.6 Å². The summed E-state index contributed by atoms with van der Waals surface area (Å²) < 4.78 is 5.94. The first-order chi connectivity index (χ1) is 13.8. The Kier molecular flexibility index (Phi) is 9.17. The van der Waals surface area contributed by atoms with Crippen LogP contribution in [0.3, 0.4) is 0 Å². The number of benzene rings is 2. The average molecular weight is 401 g/mol. The Morgan fingerprint density at radius 1 is 1.04 bits per heavy atom. The lowest BCUT2D eigenvalue weighted by atomic mass is 10.1. The van der Waals surface area contributed by atoms with Crippen molar-refractivity contribution in [3.05, 3.63) is 65.7 Å². The van der Waals surface area contributed by atoms with Crippen molar-refractivity contribution in [2.75, 3.05) is 44.3 Å². The smallest absolute Gasteiger partial charge is 0.123 e. The third-order valence-electron chi connectivity index (χ3n) is 4.95. The second-order valence-corrected chi connectivity index (χ2v) is 8.48. The van der Waals surface area contributed by atoms with Crippen molar-refractivity contribution in [1.82, 2.24) is 10.2 Å². The molecule has 0 radical (unpaired) electrons. The highest BCUT2D eigenvalue weighted by molar-refractivity contribution is 7.99. The number of hydrogen-bond acceptors (Lipinski definition) is 5. The lowest BCUT2D eigenvalue weighted by Gasteiger charge is -2.28. The van der Waals surface area contributed by atoms with Crippen LogP contribution in [0.25, 0.3) is 0 Å². The fourth-order valence-electron chi connectivity index (χ4n) is 3.40. The van der Waals surface area contributed by atoms with E-state index in [1.165, 1.54) is 5.56 Å². The monoisotopic (exact) mass is 400 g/mol. The van der Waals surface area contributed by atoms with E-state index in [4.69, 9.17) is 4.74 Å². The maximum Gasteiger partial charge on any atom is 0.123 e. The van der Waals surface area contributed by atoms with Crippen molar-refractivity contribution in [3.63, 3.8) is 0 Å². The molecule has 3 rings (SSSR count). The molecule has 0 spiro atoms. The van der Waals surface area contributed by atoms with Crippen molar-refractivity contribution in [3.8, 4) is 5.75 Å². The summed E-state index contributed by atoms with van der Waals surface area (Å²) in [6, 6.07) is 18.7. The summed E-state index contributed by atoms with van der Waals surface area (Å²) in [6.07, 6.45) is 1.75. The van der Waals surface area contributed by atoms with Crippen LogP contribution in [-0.2, 0) is 13.0 Å². The highest BCUT2D eigenvalue weighted by Gasteiger charge is 2.15. The van der Waals surface area contributed by atoms with E-state index in [0.29, 0.717) is 13.2 Å². The molecule has 1 saturated heterocycles. The number of thioether (sulfide) groups is 1. The van der Waals surface area contributed by atoms with Crippen LogP contribution in [-0.4, -0.2) is 60.4 Å². The van der Waals surface area contributed by atoms with Gasteiger partial charge in [-0.1, -0.05) is 48.5 Å². The maximum absolute atomic E-state index is 10.3. The van der Waals surface area contributed by atoms with E-state index in [1.54, 1.807) is 0 Å². The molecule has 2 N–H and O–H groups in total. The molecular weight excluding hydrogens is 368 g/mol. The fourth-order valence-corrected chi connectivity index (χ4v) is 4.38. The fraction of sp³-hybridized carbons (Fsp3) is 0.478. The van der Waals surface area contributed by atoms with Crippen LogP contribution in [0.4, 0.5) is 0 Å². The highest BCUT2D eigenvalue weighted by atomic mass is 32.2. The molecular formula is C23H32N2O2S. The average Bonchev–Trinajstić information content (AvgIpc) is 2.74. The molecule has 0 bridgehead atoms. The van der Waals surface area contributed by atoms with E-state index in [-0.39, 0.29) is 0 Å². The van der Waals surface area contributed by atoms with Gasteiger partial charge in [0.1, 0.15) is 18.5 Å². The zero-order valence-electron chi connectivity index (χ0n) is 16.6. The normalized spacial score (nSPS) is 16.0. The zero-order valence-corrected chi connectivity index (χ0v) is 17.4. The van der Waals surface area contributed by atoms with Crippen molar-refractivity contribution in [1.29, 1.82) is 0 Å². The Labute approximate surface area is 173 Å². The van der Waals surface area contributed by atoms with Crippen LogP contribution in [0.5, 0.6) is 5.75 Å². The van der Waals surface area contributed by atoms with Gasteiger partial charge in [-0.2, -0.15) is 11.8 Å². The van der Waals surface area contributed by atoms with Crippen molar-refractivity contribution in [2.24, 2.45) is 0 Å². The van der Waals surface area contributed by atoms with Gasteiger partial charge < -0.3 is 15.2 Å². The van der Waals surface area contributed by atoms with Gasteiger partial charge in [0.15, 0.2) is 0 Å². The minimum Gasteiger partial charge on any atom is -0.491 e. The number of para-hydroxylation sites is 1. The van der Waals surface area contributed by atoms with Crippen LogP contribution in [0.1, 0.15) is 17.5 Å². The number of aliphatic hydroxyl groups excluding tert-OH is 1. The number of ether oxygens (including phenoxy) is 1. The number of nitrogens with zero attached hydrogens (tertiary/aromatic N) is 1. The third kappa shape index (κ3) is 7.47. The largest absolute Gasteiger partial charge is 0.491 e. The predicted molar refractivity (Wildman–Crippen MR) is 118 cm³/mol. The highest BCUT2D eigenvalue weighted by Crippen LogP contribution is 2.18. The Hall–Kier alpha value is -1.53. The zero-order chi connectivity index (χ0) is 19.4. The molecule has 1 fully saturated rings. The number of nitrogens with one attached hydrogen (secondary N) is 1. The Bertz CT molecular complexity index is 677. The second-order valence-electron chi connectivity index (χ2n) is 7.25. The number of hydrogen-bond donors (Lipinski definition) is 2. The molecule has 152 valence electrons. The van der Waals surface area contributed by atoms with Crippen LogP contribution in [0, 0.1) is 0 Å². The van der Waals surface area contributed by atoms with E-state index < -0.39 is 6.10 Å². The SMILES string of the molecule is OC(COc1ccccc1CNCCCc1ccccc1)CN1CCSCC1. The number of aryl methyl sites for hydroxylation is 1. The lowest BCUT2D eigenvalue weighted by molar-refractivity contribution is 0.0711. The van der Waals surface area contributed by atoms with Crippen LogP contribution < -0.4 is 10.1 Å². The van der Waals surface area contributed by atoms with Gasteiger partial charge in [-0.25, -0.2) is 0 Å².